The quantitative estimate of drug-likeness (QED) is 0.761. The summed E-state index contributed by atoms with van der Waals surface area (Å²) in [5, 5.41) is 10.5. The van der Waals surface area contributed by atoms with Gasteiger partial charge < -0.3 is 9.88 Å². The molecule has 0 aliphatic carbocycles. The minimum Gasteiger partial charge on any atom is -0.352 e. The summed E-state index contributed by atoms with van der Waals surface area (Å²) in [6, 6.07) is 0.809. The van der Waals surface area contributed by atoms with Gasteiger partial charge in [0.2, 0.25) is 0 Å². The average molecular weight is 420 g/mol. The Kier molecular flexibility index (Phi) is 5.85. The van der Waals surface area contributed by atoms with Gasteiger partial charge in [-0.3, -0.25) is 4.79 Å². The van der Waals surface area contributed by atoms with E-state index in [1.54, 1.807) is 0 Å². The number of benzene rings is 1. The van der Waals surface area contributed by atoms with Crippen LogP contribution in [0.15, 0.2) is 18.2 Å². The molecule has 1 amide bonds. The highest BCUT2D eigenvalue weighted by Crippen LogP contribution is 2.36. The second-order valence-electron chi connectivity index (χ2n) is 6.80. The fourth-order valence-corrected chi connectivity index (χ4v) is 3.21. The van der Waals surface area contributed by atoms with Crippen LogP contribution in [0.2, 0.25) is 0 Å². The van der Waals surface area contributed by atoms with Gasteiger partial charge in [-0.2, -0.15) is 26.3 Å². The molecule has 3 rings (SSSR count). The standard InChI is InChI=1S/C18H18F6N4O/c19-17(20,21)12-8-11(9-13(10-12)18(22,23)24)16(29)25-6-5-15-27-26-14-4-2-1-3-7-28(14)15/h8-10H,1-7H2,(H,25,29). The van der Waals surface area contributed by atoms with Gasteiger partial charge in [0.15, 0.2) is 0 Å². The number of alkyl halides is 6. The Morgan fingerprint density at radius 2 is 1.62 bits per heavy atom. The third-order valence-electron chi connectivity index (χ3n) is 4.67. The molecular weight excluding hydrogens is 402 g/mol. The predicted octanol–water partition coefficient (Wildman–Crippen LogP) is 4.01. The second kappa shape index (κ2) is 8.03. The number of fused-ring (bicyclic) bond motifs is 1. The van der Waals surface area contributed by atoms with Crippen LogP contribution in [0.3, 0.4) is 0 Å². The Labute approximate surface area is 162 Å². The molecule has 0 saturated heterocycles. The lowest BCUT2D eigenvalue weighted by Crippen LogP contribution is -2.27. The van der Waals surface area contributed by atoms with Crippen molar-refractivity contribution in [2.24, 2.45) is 0 Å². The molecule has 1 aromatic heterocycles. The first-order valence-corrected chi connectivity index (χ1v) is 9.04. The molecule has 1 aliphatic heterocycles. The normalized spacial score (nSPS) is 15.0. The van der Waals surface area contributed by atoms with Crippen molar-refractivity contribution in [1.29, 1.82) is 0 Å². The van der Waals surface area contributed by atoms with E-state index < -0.39 is 35.0 Å². The van der Waals surface area contributed by atoms with Gasteiger partial charge in [0.25, 0.3) is 5.91 Å². The molecule has 11 heteroatoms. The van der Waals surface area contributed by atoms with Crippen molar-refractivity contribution in [2.75, 3.05) is 6.54 Å². The predicted molar refractivity (Wildman–Crippen MR) is 90.1 cm³/mol. The first kappa shape index (κ1) is 21.1. The first-order valence-electron chi connectivity index (χ1n) is 9.04. The van der Waals surface area contributed by atoms with E-state index in [-0.39, 0.29) is 19.0 Å². The van der Waals surface area contributed by atoms with Crippen molar-refractivity contribution in [3.8, 4) is 0 Å². The van der Waals surface area contributed by atoms with E-state index in [4.69, 9.17) is 0 Å². The van der Waals surface area contributed by atoms with E-state index in [1.807, 2.05) is 4.57 Å². The lowest BCUT2D eigenvalue weighted by Gasteiger charge is -2.14. The van der Waals surface area contributed by atoms with Gasteiger partial charge in [0.05, 0.1) is 11.1 Å². The Morgan fingerprint density at radius 3 is 2.24 bits per heavy atom. The maximum Gasteiger partial charge on any atom is 0.416 e. The molecule has 0 saturated carbocycles. The number of halogens is 6. The Balaban J connectivity index is 1.72. The van der Waals surface area contributed by atoms with Crippen molar-refractivity contribution in [3.63, 3.8) is 0 Å². The highest BCUT2D eigenvalue weighted by Gasteiger charge is 2.37. The summed E-state index contributed by atoms with van der Waals surface area (Å²) in [5.74, 6) is 0.455. The van der Waals surface area contributed by atoms with Gasteiger partial charge in [-0.1, -0.05) is 6.42 Å². The van der Waals surface area contributed by atoms with Gasteiger partial charge in [0, 0.05) is 31.5 Å². The summed E-state index contributed by atoms with van der Waals surface area (Å²) >= 11 is 0. The SMILES string of the molecule is O=C(NCCc1nnc2n1CCCCC2)c1cc(C(F)(F)F)cc(C(F)(F)F)c1. The van der Waals surface area contributed by atoms with Crippen LogP contribution >= 0.6 is 0 Å². The number of hydrogen-bond donors (Lipinski definition) is 1. The first-order chi connectivity index (χ1) is 13.6. The third-order valence-corrected chi connectivity index (χ3v) is 4.67. The van der Waals surface area contributed by atoms with E-state index in [0.717, 1.165) is 38.1 Å². The van der Waals surface area contributed by atoms with Crippen LogP contribution in [0.4, 0.5) is 26.3 Å². The number of aryl methyl sites for hydroxylation is 1. The van der Waals surface area contributed by atoms with E-state index in [0.29, 0.717) is 18.0 Å². The Hall–Kier alpha value is -2.59. The molecule has 0 radical (unpaired) electrons. The molecule has 0 unspecified atom stereocenters. The molecule has 1 aromatic carbocycles. The van der Waals surface area contributed by atoms with Crippen molar-refractivity contribution >= 4 is 5.91 Å². The minimum atomic E-state index is -5.00. The lowest BCUT2D eigenvalue weighted by molar-refractivity contribution is -0.143. The highest BCUT2D eigenvalue weighted by atomic mass is 19.4. The van der Waals surface area contributed by atoms with Crippen LogP contribution < -0.4 is 5.32 Å². The molecule has 158 valence electrons. The zero-order valence-corrected chi connectivity index (χ0v) is 15.2. The number of hydrogen-bond acceptors (Lipinski definition) is 3. The summed E-state index contributed by atoms with van der Waals surface area (Å²) in [6.45, 7) is 0.753. The molecule has 2 aromatic rings. The number of carbonyl (C=O) groups is 1. The van der Waals surface area contributed by atoms with E-state index in [2.05, 4.69) is 15.5 Å². The summed E-state index contributed by atoms with van der Waals surface area (Å²) in [7, 11) is 0. The maximum absolute atomic E-state index is 12.9. The summed E-state index contributed by atoms with van der Waals surface area (Å²) < 4.78 is 79.4. The van der Waals surface area contributed by atoms with Crippen LogP contribution in [-0.4, -0.2) is 27.2 Å². The van der Waals surface area contributed by atoms with Crippen molar-refractivity contribution in [1.82, 2.24) is 20.1 Å². The van der Waals surface area contributed by atoms with Gasteiger partial charge in [-0.15, -0.1) is 10.2 Å². The van der Waals surface area contributed by atoms with E-state index in [1.165, 1.54) is 0 Å². The zero-order valence-electron chi connectivity index (χ0n) is 15.2. The topological polar surface area (TPSA) is 59.8 Å². The molecule has 2 heterocycles. The van der Waals surface area contributed by atoms with Crippen molar-refractivity contribution in [3.05, 3.63) is 46.5 Å². The number of nitrogens with zero attached hydrogens (tertiary/aromatic N) is 3. The van der Waals surface area contributed by atoms with Gasteiger partial charge >= 0.3 is 12.4 Å². The lowest BCUT2D eigenvalue weighted by atomic mass is 10.0. The molecule has 5 nitrogen and oxygen atoms in total. The Morgan fingerprint density at radius 1 is 0.966 bits per heavy atom. The minimum absolute atomic E-state index is 0.00850. The smallest absolute Gasteiger partial charge is 0.352 e. The van der Waals surface area contributed by atoms with Gasteiger partial charge in [0.1, 0.15) is 11.6 Å². The third kappa shape index (κ3) is 5.07. The molecule has 29 heavy (non-hydrogen) atoms. The molecule has 0 bridgehead atoms. The highest BCUT2D eigenvalue weighted by molar-refractivity contribution is 5.94. The molecule has 1 aliphatic rings. The second-order valence-corrected chi connectivity index (χ2v) is 6.80. The van der Waals surface area contributed by atoms with Crippen LogP contribution in [0.5, 0.6) is 0 Å². The molecule has 0 spiro atoms. The van der Waals surface area contributed by atoms with E-state index in [9.17, 15) is 31.1 Å². The number of carbonyl (C=O) groups excluding carboxylic acids is 1. The number of aromatic nitrogens is 3. The van der Waals surface area contributed by atoms with Crippen LogP contribution in [0, 0.1) is 0 Å². The molecule has 0 fully saturated rings. The molecular formula is C18H18F6N4O. The summed E-state index contributed by atoms with van der Waals surface area (Å²) in [6.07, 6.45) is -5.91. The Bertz CT molecular complexity index is 855. The summed E-state index contributed by atoms with van der Waals surface area (Å²) in [5.41, 5.74) is -3.76. The summed E-state index contributed by atoms with van der Waals surface area (Å²) in [4.78, 5) is 12.2. The molecule has 0 atom stereocenters. The average Bonchev–Trinajstić information content (AvgIpc) is 2.86. The zero-order chi connectivity index (χ0) is 21.2. The number of rotatable bonds is 4. The maximum atomic E-state index is 12.9. The number of nitrogens with one attached hydrogen (secondary N) is 1. The van der Waals surface area contributed by atoms with Gasteiger partial charge in [-0.25, -0.2) is 0 Å². The van der Waals surface area contributed by atoms with Crippen molar-refractivity contribution in [2.45, 2.75) is 51.0 Å². The van der Waals surface area contributed by atoms with Crippen LogP contribution in [0.25, 0.3) is 0 Å². The van der Waals surface area contributed by atoms with E-state index >= 15 is 0 Å². The van der Waals surface area contributed by atoms with Crippen molar-refractivity contribution < 1.29 is 31.1 Å². The van der Waals surface area contributed by atoms with Crippen LogP contribution in [-0.2, 0) is 31.7 Å². The monoisotopic (exact) mass is 420 g/mol. The fraction of sp³-hybridized carbons (Fsp3) is 0.500. The number of amides is 1. The molecule has 1 N–H and O–H groups in total. The largest absolute Gasteiger partial charge is 0.416 e. The van der Waals surface area contributed by atoms with Gasteiger partial charge in [-0.05, 0) is 31.0 Å². The van der Waals surface area contributed by atoms with Crippen LogP contribution in [0.1, 0.15) is 52.4 Å². The fourth-order valence-electron chi connectivity index (χ4n) is 3.21.